The number of unbranched alkanes of at least 4 members (excludes halogenated alkanes) is 1. The molecule has 0 aromatic heterocycles. The van der Waals surface area contributed by atoms with E-state index < -0.39 is 30.3 Å². The van der Waals surface area contributed by atoms with Gasteiger partial charge >= 0.3 is 11.9 Å². The molecule has 0 aromatic carbocycles. The van der Waals surface area contributed by atoms with Crippen molar-refractivity contribution in [3.8, 4) is 0 Å². The predicted octanol–water partition coefficient (Wildman–Crippen LogP) is 12.5. The Hall–Kier alpha value is -5.09. The summed E-state index contributed by atoms with van der Waals surface area (Å²) in [5.74, 6) is -2.50. The first kappa shape index (κ1) is 61.9. The highest BCUT2D eigenvalue weighted by Gasteiger charge is 2.21. The Morgan fingerprint density at radius 1 is 0.448 bits per heavy atom. The van der Waals surface area contributed by atoms with Crippen molar-refractivity contribution in [3.05, 3.63) is 158 Å². The number of likely N-dealkylation sites (N-methyl/N-ethyl adjacent to an activating group) is 1. The summed E-state index contributed by atoms with van der Waals surface area (Å²) in [6, 6.07) is 0. The van der Waals surface area contributed by atoms with Crippen molar-refractivity contribution in [2.45, 2.75) is 142 Å². The summed E-state index contributed by atoms with van der Waals surface area (Å²) in [5.41, 5.74) is 0. The van der Waals surface area contributed by atoms with Gasteiger partial charge in [0.05, 0.1) is 40.3 Å². The van der Waals surface area contributed by atoms with Crippen molar-refractivity contribution in [1.29, 1.82) is 0 Å². The van der Waals surface area contributed by atoms with Gasteiger partial charge in [-0.05, 0) is 103 Å². The zero-order valence-corrected chi connectivity index (χ0v) is 41.9. The fourth-order valence-electron chi connectivity index (χ4n) is 5.55. The van der Waals surface area contributed by atoms with Gasteiger partial charge in [0.15, 0.2) is 12.4 Å². The minimum Gasteiger partial charge on any atom is -0.545 e. The van der Waals surface area contributed by atoms with E-state index in [1.807, 2.05) is 39.4 Å². The topological polar surface area (TPSA) is 111 Å². The number of ether oxygens (including phenoxy) is 4. The number of carboxylic acids is 1. The quantitative estimate of drug-likeness (QED) is 0.0196. The molecule has 0 saturated heterocycles. The molecule has 372 valence electrons. The molecule has 0 rings (SSSR count). The lowest BCUT2D eigenvalue weighted by molar-refractivity contribution is -0.870. The van der Waals surface area contributed by atoms with Crippen LogP contribution >= 0.6 is 0 Å². The fraction of sp³-hybridized carbons (Fsp3) is 0.500. The van der Waals surface area contributed by atoms with Crippen LogP contribution in [0.15, 0.2) is 158 Å². The lowest BCUT2D eigenvalue weighted by atomic mass is 10.2. The Bertz CT molecular complexity index is 1640. The van der Waals surface area contributed by atoms with Gasteiger partial charge in [-0.15, -0.1) is 0 Å². The second-order valence-electron chi connectivity index (χ2n) is 16.6. The molecule has 0 amide bonds. The third-order valence-electron chi connectivity index (χ3n) is 9.28. The number of quaternary nitrogens is 1. The number of hydrogen-bond acceptors (Lipinski definition) is 8. The van der Waals surface area contributed by atoms with E-state index in [2.05, 4.69) is 154 Å². The van der Waals surface area contributed by atoms with Crippen molar-refractivity contribution in [2.24, 2.45) is 0 Å². The number of allylic oxidation sites excluding steroid dienone is 26. The smallest absolute Gasteiger partial charge is 0.306 e. The number of carbonyl (C=O) groups is 3. The average Bonchev–Trinajstić information content (AvgIpc) is 3.29. The van der Waals surface area contributed by atoms with E-state index in [4.69, 9.17) is 18.9 Å². The van der Waals surface area contributed by atoms with E-state index in [1.54, 1.807) is 0 Å². The Kier molecular flexibility index (Phi) is 43.8. The normalized spacial score (nSPS) is 14.2. The third-order valence-corrected chi connectivity index (χ3v) is 9.28. The summed E-state index contributed by atoms with van der Waals surface area (Å²) in [5, 5.41) is 11.7. The zero-order chi connectivity index (χ0) is 49.2. The van der Waals surface area contributed by atoms with E-state index in [9.17, 15) is 19.5 Å². The molecule has 0 aliphatic carbocycles. The molecule has 9 nitrogen and oxygen atoms in total. The lowest BCUT2D eigenvalue weighted by Gasteiger charge is -2.26. The van der Waals surface area contributed by atoms with Crippen LogP contribution in [0.5, 0.6) is 0 Å². The molecular weight excluding hydrogens is 839 g/mol. The summed E-state index contributed by atoms with van der Waals surface area (Å²) in [7, 11) is 5.85. The molecule has 9 heteroatoms. The standard InChI is InChI=1S/C58H87NO8/c1-6-8-10-12-14-16-18-20-21-22-23-24-25-26-27-28-29-30-31-32-33-34-35-37-39-41-43-45-47-49-56(61)67-54(53-66-58(57(62)63)64-51-50-59(3,4)5)52-65-55(60)48-46-44-42-40-38-36-19-17-15-13-11-9-7-2/h8-11,14-17,20-21,23-24,26-27,29-30,32-33,35-38,41-44,54,58H,6-7,12-13,18-19,22,25,28,31,34,39-40,45-53H2,1-5H3/b10-8-,11-9-,16-14-,17-15-,21-20-,24-23-,27-26-,30-29-,33-32-,37-35-,38-36-,43-41-,44-42-. The number of aliphatic carboxylic acids is 1. The molecule has 0 aromatic rings. The van der Waals surface area contributed by atoms with Gasteiger partial charge in [-0.2, -0.15) is 0 Å². The molecule has 0 aliphatic rings. The molecule has 0 spiro atoms. The zero-order valence-electron chi connectivity index (χ0n) is 41.9. The fourth-order valence-corrected chi connectivity index (χ4v) is 5.55. The van der Waals surface area contributed by atoms with Gasteiger partial charge in [0, 0.05) is 12.8 Å². The first-order valence-electron chi connectivity index (χ1n) is 24.6. The number of carbonyl (C=O) groups excluding carboxylic acids is 3. The van der Waals surface area contributed by atoms with E-state index >= 15 is 0 Å². The monoisotopic (exact) mass is 926 g/mol. The maximum atomic E-state index is 12.8. The molecule has 0 radical (unpaired) electrons. The van der Waals surface area contributed by atoms with Crippen LogP contribution in [0.3, 0.4) is 0 Å². The van der Waals surface area contributed by atoms with Crippen LogP contribution < -0.4 is 5.11 Å². The van der Waals surface area contributed by atoms with Gasteiger partial charge in [-0.1, -0.05) is 172 Å². The van der Waals surface area contributed by atoms with Crippen LogP contribution in [0.1, 0.15) is 129 Å². The number of rotatable bonds is 42. The van der Waals surface area contributed by atoms with Crippen molar-refractivity contribution >= 4 is 17.9 Å². The minimum absolute atomic E-state index is 0.116. The molecule has 0 fully saturated rings. The second-order valence-corrected chi connectivity index (χ2v) is 16.6. The van der Waals surface area contributed by atoms with Crippen LogP contribution in [0, 0.1) is 0 Å². The minimum atomic E-state index is -1.66. The lowest BCUT2D eigenvalue weighted by Crippen LogP contribution is -2.44. The molecule has 0 N–H and O–H groups in total. The van der Waals surface area contributed by atoms with Crippen molar-refractivity contribution in [2.75, 3.05) is 47.5 Å². The predicted molar refractivity (Wildman–Crippen MR) is 278 cm³/mol. The highest BCUT2D eigenvalue weighted by molar-refractivity contribution is 5.70. The van der Waals surface area contributed by atoms with Gasteiger partial charge in [-0.25, -0.2) is 0 Å². The van der Waals surface area contributed by atoms with Crippen LogP contribution in [0.4, 0.5) is 0 Å². The number of carboxylic acid groups (broad SMARTS) is 1. The molecular formula is C58H87NO8. The highest BCUT2D eigenvalue weighted by atomic mass is 16.7. The van der Waals surface area contributed by atoms with Crippen molar-refractivity contribution < 1.29 is 42.9 Å². The van der Waals surface area contributed by atoms with Gasteiger partial charge in [0.2, 0.25) is 0 Å². The second kappa shape index (κ2) is 47.4. The van der Waals surface area contributed by atoms with E-state index in [1.165, 1.54) is 0 Å². The largest absolute Gasteiger partial charge is 0.545 e. The maximum absolute atomic E-state index is 12.8. The van der Waals surface area contributed by atoms with Gasteiger partial charge < -0.3 is 33.3 Å². The highest BCUT2D eigenvalue weighted by Crippen LogP contribution is 2.08. The third kappa shape index (κ3) is 48.7. The van der Waals surface area contributed by atoms with E-state index in [0.717, 1.165) is 83.5 Å². The van der Waals surface area contributed by atoms with Crippen molar-refractivity contribution in [1.82, 2.24) is 0 Å². The Balaban J connectivity index is 4.54. The van der Waals surface area contributed by atoms with Crippen LogP contribution in [0.2, 0.25) is 0 Å². The van der Waals surface area contributed by atoms with Crippen LogP contribution in [-0.4, -0.2) is 82.3 Å². The molecule has 0 bridgehead atoms. The number of hydrogen-bond donors (Lipinski definition) is 0. The van der Waals surface area contributed by atoms with E-state index in [0.29, 0.717) is 30.3 Å². The SMILES string of the molecule is CC/C=C\C/C=C\C/C=C\C/C=C\C/C=C\C/C=C\C/C=C\C/C=C\C/C=C\CCCC(=O)OC(COC(=O)CC/C=C\C/C=C\C/C=C\C/C=C\CC)COC(OCC[N+](C)(C)C)C(=O)[O-]. The summed E-state index contributed by atoms with van der Waals surface area (Å²) >= 11 is 0. The summed E-state index contributed by atoms with van der Waals surface area (Å²) in [6.07, 6.45) is 67.4. The Labute approximate surface area is 406 Å². The first-order valence-corrected chi connectivity index (χ1v) is 24.6. The van der Waals surface area contributed by atoms with Gasteiger partial charge in [0.1, 0.15) is 13.2 Å². The van der Waals surface area contributed by atoms with Gasteiger partial charge in [-0.3, -0.25) is 9.59 Å². The summed E-state index contributed by atoms with van der Waals surface area (Å²) in [4.78, 5) is 37.0. The van der Waals surface area contributed by atoms with Crippen LogP contribution in [0.25, 0.3) is 0 Å². The Morgan fingerprint density at radius 3 is 1.16 bits per heavy atom. The molecule has 2 atom stereocenters. The maximum Gasteiger partial charge on any atom is 0.306 e. The summed E-state index contributed by atoms with van der Waals surface area (Å²) in [6.45, 7) is 4.30. The Morgan fingerprint density at radius 2 is 0.806 bits per heavy atom. The molecule has 67 heavy (non-hydrogen) atoms. The molecule has 0 heterocycles. The number of esters is 2. The molecule has 2 unspecified atom stereocenters. The average molecular weight is 926 g/mol. The van der Waals surface area contributed by atoms with Gasteiger partial charge in [0.25, 0.3) is 0 Å². The van der Waals surface area contributed by atoms with E-state index in [-0.39, 0.29) is 32.7 Å². The molecule has 0 saturated carbocycles. The molecule has 0 aliphatic heterocycles. The first-order chi connectivity index (χ1) is 32.6. The van der Waals surface area contributed by atoms with Crippen molar-refractivity contribution in [3.63, 3.8) is 0 Å². The number of nitrogens with zero attached hydrogens (tertiary/aromatic N) is 1. The van der Waals surface area contributed by atoms with Crippen LogP contribution in [-0.2, 0) is 33.3 Å². The summed E-state index contributed by atoms with van der Waals surface area (Å²) < 4.78 is 22.4.